The maximum absolute atomic E-state index is 3.84. The first kappa shape index (κ1) is 17.0. The zero-order valence-corrected chi connectivity index (χ0v) is 15.4. The summed E-state index contributed by atoms with van der Waals surface area (Å²) in [7, 11) is 0. The van der Waals surface area contributed by atoms with Crippen molar-refractivity contribution in [1.82, 2.24) is 5.32 Å². The summed E-state index contributed by atoms with van der Waals surface area (Å²) in [5, 5.41) is 3.84. The fourth-order valence-electron chi connectivity index (χ4n) is 3.66. The molecule has 1 aliphatic rings. The lowest BCUT2D eigenvalue weighted by Gasteiger charge is -2.29. The van der Waals surface area contributed by atoms with Crippen LogP contribution in [0.4, 0.5) is 0 Å². The molecule has 2 rings (SSSR count). The van der Waals surface area contributed by atoms with Crippen LogP contribution in [0.15, 0.2) is 16.6 Å². The van der Waals surface area contributed by atoms with Crippen molar-refractivity contribution in [2.45, 2.75) is 71.8 Å². The van der Waals surface area contributed by atoms with Crippen LogP contribution >= 0.6 is 15.9 Å². The van der Waals surface area contributed by atoms with Gasteiger partial charge in [0.15, 0.2) is 0 Å². The number of hydrogen-bond donors (Lipinski definition) is 1. The Labute approximate surface area is 139 Å². The van der Waals surface area contributed by atoms with Gasteiger partial charge in [0.05, 0.1) is 0 Å². The molecule has 0 bridgehead atoms. The summed E-state index contributed by atoms with van der Waals surface area (Å²) >= 11 is 3.70. The first-order chi connectivity index (χ1) is 10.1. The Bertz CT molecular complexity index is 424. The van der Waals surface area contributed by atoms with E-state index in [-0.39, 0.29) is 0 Å². The molecule has 2 heteroatoms. The average molecular weight is 352 g/mol. The van der Waals surface area contributed by atoms with Crippen LogP contribution in [0.5, 0.6) is 0 Å². The highest BCUT2D eigenvalue weighted by Crippen LogP contribution is 2.35. The standard InChI is InChI=1S/C19H30BrN/c1-4-11-21-19(16-9-7-5-6-8-10-16)17-12-14(2)18(20)15(3)13-17/h12-13,16,19,21H,4-11H2,1-3H3. The minimum atomic E-state index is 0.536. The van der Waals surface area contributed by atoms with Crippen molar-refractivity contribution in [2.75, 3.05) is 6.54 Å². The van der Waals surface area contributed by atoms with Gasteiger partial charge in [0.1, 0.15) is 0 Å². The van der Waals surface area contributed by atoms with Crippen LogP contribution in [0, 0.1) is 19.8 Å². The van der Waals surface area contributed by atoms with Gasteiger partial charge in [-0.15, -0.1) is 0 Å². The van der Waals surface area contributed by atoms with E-state index < -0.39 is 0 Å². The van der Waals surface area contributed by atoms with Gasteiger partial charge >= 0.3 is 0 Å². The van der Waals surface area contributed by atoms with Gasteiger partial charge in [-0.2, -0.15) is 0 Å². The number of halogens is 1. The van der Waals surface area contributed by atoms with Gasteiger partial charge in [-0.25, -0.2) is 0 Å². The molecule has 0 amide bonds. The van der Waals surface area contributed by atoms with E-state index in [9.17, 15) is 0 Å². The number of nitrogens with one attached hydrogen (secondary N) is 1. The Balaban J connectivity index is 2.25. The molecule has 1 aromatic carbocycles. The van der Waals surface area contributed by atoms with Crippen LogP contribution < -0.4 is 5.32 Å². The molecule has 118 valence electrons. The third kappa shape index (κ3) is 4.56. The lowest BCUT2D eigenvalue weighted by Crippen LogP contribution is -2.29. The van der Waals surface area contributed by atoms with Crippen molar-refractivity contribution < 1.29 is 0 Å². The largest absolute Gasteiger partial charge is 0.310 e. The lowest BCUT2D eigenvalue weighted by atomic mass is 9.86. The molecule has 0 heterocycles. The molecule has 0 saturated heterocycles. The summed E-state index contributed by atoms with van der Waals surface area (Å²) < 4.78 is 1.27. The van der Waals surface area contributed by atoms with E-state index in [0.29, 0.717) is 6.04 Å². The minimum absolute atomic E-state index is 0.536. The van der Waals surface area contributed by atoms with Gasteiger partial charge in [-0.1, -0.05) is 60.7 Å². The van der Waals surface area contributed by atoms with E-state index in [4.69, 9.17) is 0 Å². The summed E-state index contributed by atoms with van der Waals surface area (Å²) in [6, 6.07) is 5.30. The van der Waals surface area contributed by atoms with Gasteiger partial charge in [-0.05, 0) is 62.3 Å². The molecule has 1 saturated carbocycles. The first-order valence-corrected chi connectivity index (χ1v) is 9.42. The van der Waals surface area contributed by atoms with Crippen molar-refractivity contribution in [3.63, 3.8) is 0 Å². The second kappa shape index (κ2) is 8.33. The Kier molecular flexibility index (Phi) is 6.75. The molecule has 1 atom stereocenters. The van der Waals surface area contributed by atoms with E-state index in [0.717, 1.165) is 12.5 Å². The summed E-state index contributed by atoms with van der Waals surface area (Å²) in [5.74, 6) is 0.805. The molecular weight excluding hydrogens is 322 g/mol. The monoisotopic (exact) mass is 351 g/mol. The van der Waals surface area contributed by atoms with E-state index in [1.807, 2.05) is 0 Å². The Hall–Kier alpha value is -0.340. The van der Waals surface area contributed by atoms with Crippen LogP contribution in [0.2, 0.25) is 0 Å². The Morgan fingerprint density at radius 3 is 2.19 bits per heavy atom. The zero-order valence-electron chi connectivity index (χ0n) is 13.8. The van der Waals surface area contributed by atoms with Crippen LogP contribution in [-0.4, -0.2) is 6.54 Å². The van der Waals surface area contributed by atoms with Crippen LogP contribution in [0.25, 0.3) is 0 Å². The van der Waals surface area contributed by atoms with Crippen molar-refractivity contribution >= 4 is 15.9 Å². The minimum Gasteiger partial charge on any atom is -0.310 e. The van der Waals surface area contributed by atoms with Gasteiger partial charge in [0.25, 0.3) is 0 Å². The first-order valence-electron chi connectivity index (χ1n) is 8.63. The maximum atomic E-state index is 3.84. The SMILES string of the molecule is CCCNC(c1cc(C)c(Br)c(C)c1)C1CCCCCC1. The normalized spacial score (nSPS) is 18.5. The van der Waals surface area contributed by atoms with Crippen molar-refractivity contribution in [3.05, 3.63) is 33.3 Å². The molecule has 1 unspecified atom stereocenters. The van der Waals surface area contributed by atoms with Gasteiger partial charge in [-0.3, -0.25) is 0 Å². The number of hydrogen-bond acceptors (Lipinski definition) is 1. The van der Waals surface area contributed by atoms with Gasteiger partial charge < -0.3 is 5.32 Å². The van der Waals surface area contributed by atoms with Crippen molar-refractivity contribution in [2.24, 2.45) is 5.92 Å². The number of rotatable bonds is 5. The van der Waals surface area contributed by atoms with Gasteiger partial charge in [0.2, 0.25) is 0 Å². The molecule has 0 spiro atoms. The molecular formula is C19H30BrN. The van der Waals surface area contributed by atoms with Gasteiger partial charge in [0, 0.05) is 10.5 Å². The highest BCUT2D eigenvalue weighted by Gasteiger charge is 2.24. The highest BCUT2D eigenvalue weighted by molar-refractivity contribution is 9.10. The van der Waals surface area contributed by atoms with E-state index in [1.165, 1.54) is 66.1 Å². The third-order valence-electron chi connectivity index (χ3n) is 4.80. The maximum Gasteiger partial charge on any atom is 0.0348 e. The number of aryl methyl sites for hydroxylation is 2. The molecule has 1 aromatic rings. The van der Waals surface area contributed by atoms with Crippen LogP contribution in [0.3, 0.4) is 0 Å². The highest BCUT2D eigenvalue weighted by atomic mass is 79.9. The molecule has 0 aromatic heterocycles. The van der Waals surface area contributed by atoms with E-state index >= 15 is 0 Å². The third-order valence-corrected chi connectivity index (χ3v) is 6.05. The summed E-state index contributed by atoms with van der Waals surface area (Å²) in [5.41, 5.74) is 4.22. The zero-order chi connectivity index (χ0) is 15.2. The summed E-state index contributed by atoms with van der Waals surface area (Å²) in [6.45, 7) is 7.81. The molecule has 1 aliphatic carbocycles. The lowest BCUT2D eigenvalue weighted by molar-refractivity contribution is 0.325. The smallest absolute Gasteiger partial charge is 0.0348 e. The van der Waals surface area contributed by atoms with Crippen molar-refractivity contribution in [1.29, 1.82) is 0 Å². The second-order valence-corrected chi connectivity index (χ2v) is 7.45. The van der Waals surface area contributed by atoms with Crippen LogP contribution in [-0.2, 0) is 0 Å². The molecule has 21 heavy (non-hydrogen) atoms. The Morgan fingerprint density at radius 2 is 1.67 bits per heavy atom. The van der Waals surface area contributed by atoms with E-state index in [2.05, 4.69) is 54.2 Å². The Morgan fingerprint density at radius 1 is 1.10 bits per heavy atom. The number of benzene rings is 1. The fraction of sp³-hybridized carbons (Fsp3) is 0.684. The van der Waals surface area contributed by atoms with Crippen LogP contribution in [0.1, 0.15) is 74.6 Å². The summed E-state index contributed by atoms with van der Waals surface area (Å²) in [6.07, 6.45) is 9.64. The average Bonchev–Trinajstić information content (AvgIpc) is 2.74. The summed E-state index contributed by atoms with van der Waals surface area (Å²) in [4.78, 5) is 0. The quantitative estimate of drug-likeness (QED) is 0.634. The molecule has 1 N–H and O–H groups in total. The van der Waals surface area contributed by atoms with Crippen molar-refractivity contribution in [3.8, 4) is 0 Å². The predicted octanol–water partition coefficient (Wildman–Crippen LogP) is 6.08. The van der Waals surface area contributed by atoms with E-state index in [1.54, 1.807) is 0 Å². The second-order valence-electron chi connectivity index (χ2n) is 6.65. The molecule has 0 aliphatic heterocycles. The molecule has 1 nitrogen and oxygen atoms in total. The molecule has 0 radical (unpaired) electrons. The topological polar surface area (TPSA) is 12.0 Å². The fourth-order valence-corrected chi connectivity index (χ4v) is 3.89. The molecule has 1 fully saturated rings. The predicted molar refractivity (Wildman–Crippen MR) is 95.8 cm³/mol.